The standard InChI is InChI=1S/C29H43NO2/c1-3-5-7-9-10-11-12-14-22-32-28-21-18-26(29(31)23-28)24-30-27-19-16-25(17-20-27)15-13-8-6-4-2/h16-21,23-24,31H,3-15,22H2,1-2H3. The van der Waals surface area contributed by atoms with E-state index in [1.165, 1.54) is 76.2 Å². The molecule has 0 atom stereocenters. The maximum Gasteiger partial charge on any atom is 0.128 e. The van der Waals surface area contributed by atoms with Crippen LogP contribution in [0.1, 0.15) is 102 Å². The van der Waals surface area contributed by atoms with E-state index < -0.39 is 0 Å². The minimum absolute atomic E-state index is 0.203. The Labute approximate surface area is 195 Å². The molecule has 0 aromatic heterocycles. The lowest BCUT2D eigenvalue weighted by Gasteiger charge is -2.08. The van der Waals surface area contributed by atoms with Crippen molar-refractivity contribution in [2.24, 2.45) is 4.99 Å². The van der Waals surface area contributed by atoms with Gasteiger partial charge in [-0.1, -0.05) is 90.2 Å². The summed E-state index contributed by atoms with van der Waals surface area (Å²) in [5.74, 6) is 0.921. The van der Waals surface area contributed by atoms with Crippen LogP contribution in [-0.2, 0) is 6.42 Å². The summed E-state index contributed by atoms with van der Waals surface area (Å²) in [7, 11) is 0. The topological polar surface area (TPSA) is 41.8 Å². The molecule has 2 rings (SSSR count). The molecule has 3 nitrogen and oxygen atoms in total. The first-order valence-electron chi connectivity index (χ1n) is 12.8. The number of unbranched alkanes of at least 4 members (excludes halogenated alkanes) is 10. The number of aryl methyl sites for hydroxylation is 1. The predicted octanol–water partition coefficient (Wildman–Crippen LogP) is 8.79. The molecular weight excluding hydrogens is 394 g/mol. The second kappa shape index (κ2) is 16.4. The average molecular weight is 438 g/mol. The molecule has 0 aliphatic heterocycles. The Balaban J connectivity index is 1.70. The van der Waals surface area contributed by atoms with Crippen LogP contribution in [-0.4, -0.2) is 17.9 Å². The number of phenolic OH excluding ortho intramolecular Hbond substituents is 1. The van der Waals surface area contributed by atoms with Crippen molar-refractivity contribution >= 4 is 11.9 Å². The molecule has 0 bridgehead atoms. The van der Waals surface area contributed by atoms with Crippen molar-refractivity contribution in [2.75, 3.05) is 6.61 Å². The molecule has 0 unspecified atom stereocenters. The van der Waals surface area contributed by atoms with Gasteiger partial charge in [0, 0.05) is 17.8 Å². The Morgan fingerprint density at radius 2 is 1.38 bits per heavy atom. The average Bonchev–Trinajstić information content (AvgIpc) is 2.81. The van der Waals surface area contributed by atoms with Crippen molar-refractivity contribution in [3.8, 4) is 11.5 Å². The summed E-state index contributed by atoms with van der Waals surface area (Å²) in [6.45, 7) is 5.19. The van der Waals surface area contributed by atoms with Crippen molar-refractivity contribution < 1.29 is 9.84 Å². The van der Waals surface area contributed by atoms with Crippen LogP contribution in [0.25, 0.3) is 0 Å². The molecular formula is C29H43NO2. The molecule has 0 saturated carbocycles. The molecule has 0 heterocycles. The van der Waals surface area contributed by atoms with Gasteiger partial charge in [0.05, 0.1) is 12.3 Å². The highest BCUT2D eigenvalue weighted by atomic mass is 16.5. The highest BCUT2D eigenvalue weighted by molar-refractivity contribution is 5.85. The van der Waals surface area contributed by atoms with Gasteiger partial charge in [-0.15, -0.1) is 0 Å². The first-order valence-corrected chi connectivity index (χ1v) is 12.8. The molecule has 2 aromatic carbocycles. The zero-order chi connectivity index (χ0) is 22.9. The van der Waals surface area contributed by atoms with Gasteiger partial charge < -0.3 is 9.84 Å². The summed E-state index contributed by atoms with van der Waals surface area (Å²) in [5, 5.41) is 10.3. The van der Waals surface area contributed by atoms with Crippen LogP contribution in [0.15, 0.2) is 47.5 Å². The van der Waals surface area contributed by atoms with Gasteiger partial charge in [0.2, 0.25) is 0 Å². The second-order valence-electron chi connectivity index (χ2n) is 8.78. The number of aliphatic imine (C=N–C) groups is 1. The highest BCUT2D eigenvalue weighted by Gasteiger charge is 2.02. The number of benzene rings is 2. The van der Waals surface area contributed by atoms with Crippen LogP contribution in [0.3, 0.4) is 0 Å². The van der Waals surface area contributed by atoms with E-state index in [1.807, 2.05) is 24.3 Å². The van der Waals surface area contributed by atoms with Gasteiger partial charge in [-0.3, -0.25) is 4.99 Å². The SMILES string of the molecule is CCCCCCCCCCOc1ccc(C=Nc2ccc(CCCCCC)cc2)c(O)c1. The molecule has 0 amide bonds. The molecule has 0 fully saturated rings. The molecule has 0 aliphatic carbocycles. The van der Waals surface area contributed by atoms with E-state index in [2.05, 4.69) is 31.0 Å². The highest BCUT2D eigenvalue weighted by Crippen LogP contribution is 2.24. The fourth-order valence-electron chi connectivity index (χ4n) is 3.80. The van der Waals surface area contributed by atoms with Crippen LogP contribution in [0.5, 0.6) is 11.5 Å². The zero-order valence-corrected chi connectivity index (χ0v) is 20.3. The normalized spacial score (nSPS) is 11.3. The number of aromatic hydroxyl groups is 1. The minimum atomic E-state index is 0.203. The van der Waals surface area contributed by atoms with E-state index >= 15 is 0 Å². The van der Waals surface area contributed by atoms with Crippen molar-refractivity contribution in [1.29, 1.82) is 0 Å². The summed E-state index contributed by atoms with van der Waals surface area (Å²) < 4.78 is 5.81. The Morgan fingerprint density at radius 1 is 0.750 bits per heavy atom. The Hall–Kier alpha value is -2.29. The Bertz CT molecular complexity index is 767. The zero-order valence-electron chi connectivity index (χ0n) is 20.3. The lowest BCUT2D eigenvalue weighted by molar-refractivity contribution is 0.302. The summed E-state index contributed by atoms with van der Waals surface area (Å²) in [6, 6.07) is 13.9. The molecule has 2 aromatic rings. The lowest BCUT2D eigenvalue weighted by Crippen LogP contribution is -1.97. The second-order valence-corrected chi connectivity index (χ2v) is 8.78. The van der Waals surface area contributed by atoms with Crippen molar-refractivity contribution in [3.05, 3.63) is 53.6 Å². The summed E-state index contributed by atoms with van der Waals surface area (Å²) in [4.78, 5) is 4.51. The van der Waals surface area contributed by atoms with Crippen molar-refractivity contribution in [3.63, 3.8) is 0 Å². The van der Waals surface area contributed by atoms with Gasteiger partial charge in [-0.2, -0.15) is 0 Å². The van der Waals surface area contributed by atoms with Gasteiger partial charge >= 0.3 is 0 Å². The third-order valence-electron chi connectivity index (χ3n) is 5.88. The van der Waals surface area contributed by atoms with Crippen LogP contribution in [0.4, 0.5) is 5.69 Å². The number of nitrogens with zero attached hydrogens (tertiary/aromatic N) is 1. The van der Waals surface area contributed by atoms with Crippen LogP contribution < -0.4 is 4.74 Å². The van der Waals surface area contributed by atoms with E-state index in [-0.39, 0.29) is 5.75 Å². The molecule has 176 valence electrons. The van der Waals surface area contributed by atoms with Gasteiger partial charge in [0.15, 0.2) is 0 Å². The number of hydrogen-bond acceptors (Lipinski definition) is 3. The molecule has 1 N–H and O–H groups in total. The van der Waals surface area contributed by atoms with Gasteiger partial charge in [-0.25, -0.2) is 0 Å². The fraction of sp³-hybridized carbons (Fsp3) is 0.552. The quantitative estimate of drug-likeness (QED) is 0.198. The molecule has 0 saturated heterocycles. The largest absolute Gasteiger partial charge is 0.507 e. The smallest absolute Gasteiger partial charge is 0.128 e. The Morgan fingerprint density at radius 3 is 2.03 bits per heavy atom. The van der Waals surface area contributed by atoms with Crippen LogP contribution >= 0.6 is 0 Å². The van der Waals surface area contributed by atoms with E-state index in [0.717, 1.165) is 24.3 Å². The predicted molar refractivity (Wildman–Crippen MR) is 138 cm³/mol. The van der Waals surface area contributed by atoms with Crippen LogP contribution in [0.2, 0.25) is 0 Å². The summed E-state index contributed by atoms with van der Waals surface area (Å²) in [6.07, 6.45) is 18.3. The van der Waals surface area contributed by atoms with Gasteiger partial charge in [0.1, 0.15) is 11.5 Å². The lowest BCUT2D eigenvalue weighted by atomic mass is 10.1. The van der Waals surface area contributed by atoms with Gasteiger partial charge in [0.25, 0.3) is 0 Å². The van der Waals surface area contributed by atoms with Crippen LogP contribution in [0, 0.1) is 0 Å². The maximum absolute atomic E-state index is 10.3. The van der Waals surface area contributed by atoms with E-state index in [1.54, 1.807) is 12.3 Å². The maximum atomic E-state index is 10.3. The van der Waals surface area contributed by atoms with Crippen molar-refractivity contribution in [1.82, 2.24) is 0 Å². The fourth-order valence-corrected chi connectivity index (χ4v) is 3.80. The van der Waals surface area contributed by atoms with Gasteiger partial charge in [-0.05, 0) is 49.1 Å². The van der Waals surface area contributed by atoms with E-state index in [4.69, 9.17) is 4.74 Å². The summed E-state index contributed by atoms with van der Waals surface area (Å²) >= 11 is 0. The molecule has 0 aliphatic rings. The number of phenols is 1. The molecule has 32 heavy (non-hydrogen) atoms. The summed E-state index contributed by atoms with van der Waals surface area (Å²) in [5.41, 5.74) is 2.96. The molecule has 0 spiro atoms. The number of hydrogen-bond donors (Lipinski definition) is 1. The first kappa shape index (κ1) is 26.0. The first-order chi connectivity index (χ1) is 15.7. The van der Waals surface area contributed by atoms with Crippen molar-refractivity contribution in [2.45, 2.75) is 97.3 Å². The Kier molecular flexibility index (Phi) is 13.3. The molecule has 0 radical (unpaired) electrons. The number of ether oxygens (including phenoxy) is 1. The van der Waals surface area contributed by atoms with E-state index in [9.17, 15) is 5.11 Å². The third-order valence-corrected chi connectivity index (χ3v) is 5.88. The van der Waals surface area contributed by atoms with E-state index in [0.29, 0.717) is 12.2 Å². The molecule has 3 heteroatoms. The minimum Gasteiger partial charge on any atom is -0.507 e. The third kappa shape index (κ3) is 10.8. The number of rotatable bonds is 17. The monoisotopic (exact) mass is 437 g/mol.